The minimum atomic E-state index is -0.881. The van der Waals surface area contributed by atoms with E-state index in [0.29, 0.717) is 11.4 Å². The summed E-state index contributed by atoms with van der Waals surface area (Å²) >= 11 is 11.8. The van der Waals surface area contributed by atoms with Crippen LogP contribution in [-0.4, -0.2) is 24.0 Å². The lowest BCUT2D eigenvalue weighted by Crippen LogP contribution is -2.43. The van der Waals surface area contributed by atoms with Gasteiger partial charge in [-0.2, -0.15) is 5.26 Å². The van der Waals surface area contributed by atoms with Crippen LogP contribution in [0.25, 0.3) is 0 Å². The number of carbonyl (C=O) groups is 2. The van der Waals surface area contributed by atoms with Crippen LogP contribution in [0.5, 0.6) is 0 Å². The highest BCUT2D eigenvalue weighted by Crippen LogP contribution is 2.21. The fourth-order valence-electron chi connectivity index (χ4n) is 1.88. The van der Waals surface area contributed by atoms with Crippen molar-refractivity contribution in [2.45, 2.75) is 39.3 Å². The van der Waals surface area contributed by atoms with E-state index in [9.17, 15) is 9.59 Å². The number of hydrogen-bond acceptors (Lipinski definition) is 4. The number of halogens is 2. The number of nitriles is 1. The van der Waals surface area contributed by atoms with Gasteiger partial charge in [-0.25, -0.2) is 4.79 Å². The van der Waals surface area contributed by atoms with E-state index in [2.05, 4.69) is 5.32 Å². The SMILES string of the molecule is CC(C)C[C@H](NC(=O)c1ccc(Cl)cc1Cl)C(=O)O[C@H](C)C#N. The van der Waals surface area contributed by atoms with Gasteiger partial charge in [-0.15, -0.1) is 0 Å². The van der Waals surface area contributed by atoms with Gasteiger partial charge in [0.1, 0.15) is 12.1 Å². The molecule has 0 saturated carbocycles. The number of rotatable bonds is 6. The number of hydrogen-bond donors (Lipinski definition) is 1. The topological polar surface area (TPSA) is 79.2 Å². The Morgan fingerprint density at radius 1 is 1.30 bits per heavy atom. The summed E-state index contributed by atoms with van der Waals surface area (Å²) < 4.78 is 4.98. The molecule has 0 aliphatic rings. The van der Waals surface area contributed by atoms with Gasteiger partial charge in [0.2, 0.25) is 0 Å². The summed E-state index contributed by atoms with van der Waals surface area (Å²) in [5.41, 5.74) is 0.214. The zero-order valence-corrected chi connectivity index (χ0v) is 14.6. The van der Waals surface area contributed by atoms with Gasteiger partial charge in [0.15, 0.2) is 6.10 Å². The molecular weight excluding hydrogens is 339 g/mol. The van der Waals surface area contributed by atoms with E-state index < -0.39 is 24.0 Å². The van der Waals surface area contributed by atoms with Crippen molar-refractivity contribution < 1.29 is 14.3 Å². The molecule has 0 aromatic heterocycles. The monoisotopic (exact) mass is 356 g/mol. The van der Waals surface area contributed by atoms with Gasteiger partial charge in [-0.3, -0.25) is 4.79 Å². The van der Waals surface area contributed by atoms with Crippen molar-refractivity contribution in [3.63, 3.8) is 0 Å². The molecule has 2 atom stereocenters. The van der Waals surface area contributed by atoms with Crippen LogP contribution in [0, 0.1) is 17.2 Å². The van der Waals surface area contributed by atoms with Crippen molar-refractivity contribution in [3.05, 3.63) is 33.8 Å². The van der Waals surface area contributed by atoms with Crippen LogP contribution in [0.2, 0.25) is 10.0 Å². The maximum absolute atomic E-state index is 12.3. The Hall–Kier alpha value is -1.77. The lowest BCUT2D eigenvalue weighted by atomic mass is 10.0. The predicted molar refractivity (Wildman–Crippen MR) is 88.3 cm³/mol. The first-order chi connectivity index (χ1) is 10.7. The number of esters is 1. The fourth-order valence-corrected chi connectivity index (χ4v) is 2.37. The summed E-state index contributed by atoms with van der Waals surface area (Å²) in [4.78, 5) is 24.4. The number of nitrogens with one attached hydrogen (secondary N) is 1. The molecule has 1 aromatic carbocycles. The molecule has 0 radical (unpaired) electrons. The zero-order valence-electron chi connectivity index (χ0n) is 13.1. The predicted octanol–water partition coefficient (Wildman–Crippen LogP) is 3.59. The molecule has 1 aromatic rings. The Kier molecular flexibility index (Phi) is 7.34. The van der Waals surface area contributed by atoms with Gasteiger partial charge in [-0.1, -0.05) is 37.0 Å². The minimum Gasteiger partial charge on any atom is -0.446 e. The van der Waals surface area contributed by atoms with Crippen molar-refractivity contribution in [2.24, 2.45) is 5.92 Å². The molecule has 7 heteroatoms. The van der Waals surface area contributed by atoms with E-state index in [4.69, 9.17) is 33.2 Å². The standard InChI is InChI=1S/C16H18Cl2N2O3/c1-9(2)6-14(16(22)23-10(3)8-19)20-15(21)12-5-4-11(17)7-13(12)18/h4-5,7,9-10,14H,6H2,1-3H3,(H,20,21)/t10-,14+/m1/s1. The lowest BCUT2D eigenvalue weighted by Gasteiger charge is -2.20. The molecule has 0 aliphatic heterocycles. The maximum atomic E-state index is 12.3. The van der Waals surface area contributed by atoms with Crippen molar-refractivity contribution >= 4 is 35.1 Å². The normalized spacial score (nSPS) is 13.1. The number of amides is 1. The molecule has 0 unspecified atom stereocenters. The molecule has 23 heavy (non-hydrogen) atoms. The van der Waals surface area contributed by atoms with Gasteiger partial charge in [0.25, 0.3) is 5.91 Å². The van der Waals surface area contributed by atoms with Crippen molar-refractivity contribution in [3.8, 4) is 6.07 Å². The second-order valence-corrected chi connectivity index (χ2v) is 6.33. The summed E-state index contributed by atoms with van der Waals surface area (Å²) in [6.07, 6.45) is -0.498. The Balaban J connectivity index is 2.90. The summed E-state index contributed by atoms with van der Waals surface area (Å²) in [5.74, 6) is -1.00. The van der Waals surface area contributed by atoms with Crippen LogP contribution >= 0.6 is 23.2 Å². The first-order valence-corrected chi connectivity index (χ1v) is 7.86. The zero-order chi connectivity index (χ0) is 17.6. The van der Waals surface area contributed by atoms with Crippen LogP contribution < -0.4 is 5.32 Å². The lowest BCUT2D eigenvalue weighted by molar-refractivity contribution is -0.148. The van der Waals surface area contributed by atoms with Gasteiger partial charge in [0, 0.05) is 5.02 Å². The molecule has 1 amide bonds. The van der Waals surface area contributed by atoms with Gasteiger partial charge in [0.05, 0.1) is 10.6 Å². The molecule has 0 spiro atoms. The third-order valence-electron chi connectivity index (χ3n) is 2.95. The van der Waals surface area contributed by atoms with Crippen molar-refractivity contribution in [1.82, 2.24) is 5.32 Å². The van der Waals surface area contributed by atoms with Crippen LogP contribution in [0.1, 0.15) is 37.6 Å². The van der Waals surface area contributed by atoms with Crippen molar-refractivity contribution in [1.29, 1.82) is 5.26 Å². The van der Waals surface area contributed by atoms with Crippen LogP contribution in [0.4, 0.5) is 0 Å². The second kappa shape index (κ2) is 8.76. The summed E-state index contributed by atoms with van der Waals surface area (Å²) in [7, 11) is 0. The summed E-state index contributed by atoms with van der Waals surface area (Å²) in [6, 6.07) is 5.43. The van der Waals surface area contributed by atoms with Gasteiger partial charge >= 0.3 is 5.97 Å². The fraction of sp³-hybridized carbons (Fsp3) is 0.438. The van der Waals surface area contributed by atoms with Gasteiger partial charge in [-0.05, 0) is 37.5 Å². The molecule has 0 saturated heterocycles. The molecule has 1 N–H and O–H groups in total. The first kappa shape index (κ1) is 19.3. The van der Waals surface area contributed by atoms with Crippen LogP contribution in [0.15, 0.2) is 18.2 Å². The van der Waals surface area contributed by atoms with E-state index >= 15 is 0 Å². The quantitative estimate of drug-likeness (QED) is 0.789. The smallest absolute Gasteiger partial charge is 0.329 e. The third kappa shape index (κ3) is 6.09. The Morgan fingerprint density at radius 2 is 1.96 bits per heavy atom. The Labute approximate surface area is 145 Å². The number of benzene rings is 1. The highest BCUT2D eigenvalue weighted by Gasteiger charge is 2.26. The molecule has 1 rings (SSSR count). The number of nitrogens with zero attached hydrogens (tertiary/aromatic N) is 1. The van der Waals surface area contributed by atoms with Crippen LogP contribution in [0.3, 0.4) is 0 Å². The summed E-state index contributed by atoms with van der Waals surface area (Å²) in [5, 5.41) is 11.9. The Morgan fingerprint density at radius 3 is 2.48 bits per heavy atom. The Bertz CT molecular complexity index is 626. The van der Waals surface area contributed by atoms with Crippen molar-refractivity contribution in [2.75, 3.05) is 0 Å². The highest BCUT2D eigenvalue weighted by atomic mass is 35.5. The van der Waals surface area contributed by atoms with E-state index in [1.54, 1.807) is 0 Å². The number of ether oxygens (including phenoxy) is 1. The maximum Gasteiger partial charge on any atom is 0.329 e. The van der Waals surface area contributed by atoms with E-state index in [0.717, 1.165) is 0 Å². The third-order valence-corrected chi connectivity index (χ3v) is 3.50. The molecule has 0 fully saturated rings. The molecule has 124 valence electrons. The van der Waals surface area contributed by atoms with E-state index in [1.807, 2.05) is 19.9 Å². The van der Waals surface area contributed by atoms with Crippen LogP contribution in [-0.2, 0) is 9.53 Å². The molecule has 5 nitrogen and oxygen atoms in total. The molecule has 0 bridgehead atoms. The van der Waals surface area contributed by atoms with Gasteiger partial charge < -0.3 is 10.1 Å². The highest BCUT2D eigenvalue weighted by molar-refractivity contribution is 6.36. The second-order valence-electron chi connectivity index (χ2n) is 5.49. The van der Waals surface area contributed by atoms with E-state index in [-0.39, 0.29) is 16.5 Å². The number of carbonyl (C=O) groups excluding carboxylic acids is 2. The first-order valence-electron chi connectivity index (χ1n) is 7.10. The largest absolute Gasteiger partial charge is 0.446 e. The minimum absolute atomic E-state index is 0.144. The molecule has 0 aliphatic carbocycles. The average molecular weight is 357 g/mol. The molecular formula is C16H18Cl2N2O3. The van der Waals surface area contributed by atoms with E-state index in [1.165, 1.54) is 25.1 Å². The molecule has 0 heterocycles. The summed E-state index contributed by atoms with van der Waals surface area (Å²) in [6.45, 7) is 5.28. The average Bonchev–Trinajstić information content (AvgIpc) is 2.45.